The molecule has 0 heterocycles. The maximum absolute atomic E-state index is 13.2. The zero-order chi connectivity index (χ0) is 19.6. The molecule has 1 unspecified atom stereocenters. The van der Waals surface area contributed by atoms with E-state index in [4.69, 9.17) is 0 Å². The fourth-order valence-corrected chi connectivity index (χ4v) is 2.94. The first-order valence-electron chi connectivity index (χ1n) is 8.66. The quantitative estimate of drug-likeness (QED) is 0.758. The van der Waals surface area contributed by atoms with E-state index in [1.807, 2.05) is 0 Å². The van der Waals surface area contributed by atoms with E-state index in [-0.39, 0.29) is 18.5 Å². The molecule has 0 bridgehead atoms. The number of nitrogens with zero attached hydrogens (tertiary/aromatic N) is 1. The fraction of sp³-hybridized carbons (Fsp3) is 0.350. The Bertz CT molecular complexity index is 783. The van der Waals surface area contributed by atoms with Gasteiger partial charge in [0.25, 0.3) is 0 Å². The van der Waals surface area contributed by atoms with Crippen LogP contribution in [0.1, 0.15) is 35.6 Å². The van der Waals surface area contributed by atoms with Gasteiger partial charge in [0, 0.05) is 12.6 Å². The predicted molar refractivity (Wildman–Crippen MR) is 93.2 cm³/mol. The molecular formula is C20H20F4N2O. The highest BCUT2D eigenvalue weighted by Gasteiger charge is 2.32. The topological polar surface area (TPSA) is 32.3 Å². The lowest BCUT2D eigenvalue weighted by Gasteiger charge is -2.28. The number of nitrogens with one attached hydrogen (secondary N) is 1. The van der Waals surface area contributed by atoms with Crippen LogP contribution in [0.25, 0.3) is 0 Å². The molecule has 1 aliphatic carbocycles. The van der Waals surface area contributed by atoms with Crippen molar-refractivity contribution in [1.29, 1.82) is 0 Å². The Kier molecular flexibility index (Phi) is 5.51. The molecule has 144 valence electrons. The van der Waals surface area contributed by atoms with E-state index < -0.39 is 23.6 Å². The molecule has 3 rings (SSSR count). The van der Waals surface area contributed by atoms with Crippen LogP contribution in [-0.2, 0) is 17.5 Å². The number of hydrogen-bond donors (Lipinski definition) is 1. The molecule has 0 aliphatic heterocycles. The fourth-order valence-electron chi connectivity index (χ4n) is 2.94. The molecule has 1 N–H and O–H groups in total. The van der Waals surface area contributed by atoms with Crippen LogP contribution in [0.3, 0.4) is 0 Å². The molecule has 7 heteroatoms. The number of alkyl halides is 3. The summed E-state index contributed by atoms with van der Waals surface area (Å²) in [5.41, 5.74) is 0.566. The van der Waals surface area contributed by atoms with E-state index in [0.717, 1.165) is 25.0 Å². The van der Waals surface area contributed by atoms with Crippen molar-refractivity contribution in [2.24, 2.45) is 0 Å². The van der Waals surface area contributed by atoms with Crippen LogP contribution in [0, 0.1) is 5.82 Å². The lowest BCUT2D eigenvalue weighted by molar-refractivity contribution is -0.137. The van der Waals surface area contributed by atoms with E-state index >= 15 is 0 Å². The monoisotopic (exact) mass is 380 g/mol. The minimum absolute atomic E-state index is 0.167. The van der Waals surface area contributed by atoms with Gasteiger partial charge in [0.1, 0.15) is 11.9 Å². The van der Waals surface area contributed by atoms with Gasteiger partial charge in [-0.2, -0.15) is 13.2 Å². The van der Waals surface area contributed by atoms with Crippen molar-refractivity contribution < 1.29 is 22.4 Å². The van der Waals surface area contributed by atoms with Gasteiger partial charge in [-0.15, -0.1) is 0 Å². The molecule has 0 saturated heterocycles. The number of hydrogen-bond acceptors (Lipinski definition) is 2. The van der Waals surface area contributed by atoms with Crippen LogP contribution >= 0.6 is 0 Å². The minimum atomic E-state index is -4.38. The van der Waals surface area contributed by atoms with Gasteiger partial charge in [0.2, 0.25) is 5.91 Å². The highest BCUT2D eigenvalue weighted by Crippen LogP contribution is 2.30. The van der Waals surface area contributed by atoms with Gasteiger partial charge in [-0.3, -0.25) is 9.69 Å². The molecule has 2 aromatic rings. The second-order valence-corrected chi connectivity index (χ2v) is 6.85. The van der Waals surface area contributed by atoms with E-state index in [1.54, 1.807) is 24.1 Å². The molecule has 1 atom stereocenters. The number of amides is 1. The third kappa shape index (κ3) is 5.07. The first kappa shape index (κ1) is 19.4. The third-order valence-corrected chi connectivity index (χ3v) is 4.51. The van der Waals surface area contributed by atoms with Gasteiger partial charge in [-0.25, -0.2) is 4.39 Å². The summed E-state index contributed by atoms with van der Waals surface area (Å²) in [6.07, 6.45) is -2.51. The summed E-state index contributed by atoms with van der Waals surface area (Å²) in [6, 6.07) is 10.1. The van der Waals surface area contributed by atoms with Gasteiger partial charge in [-0.1, -0.05) is 24.3 Å². The summed E-state index contributed by atoms with van der Waals surface area (Å²) < 4.78 is 51.4. The Morgan fingerprint density at radius 1 is 1.11 bits per heavy atom. The number of halogens is 4. The summed E-state index contributed by atoms with van der Waals surface area (Å²) in [5, 5.41) is 2.94. The molecule has 1 amide bonds. The molecule has 2 aromatic carbocycles. The molecular weight excluding hydrogens is 360 g/mol. The molecule has 1 fully saturated rings. The molecule has 27 heavy (non-hydrogen) atoms. The molecule has 0 aromatic heterocycles. The molecule has 1 saturated carbocycles. The van der Waals surface area contributed by atoms with E-state index in [1.165, 1.54) is 24.3 Å². The lowest BCUT2D eigenvalue weighted by atomic mass is 10.0. The number of carbonyl (C=O) groups excluding carboxylic acids is 1. The Morgan fingerprint density at radius 3 is 2.22 bits per heavy atom. The minimum Gasteiger partial charge on any atom is -0.352 e. The van der Waals surface area contributed by atoms with Crippen molar-refractivity contribution in [3.05, 3.63) is 71.0 Å². The molecule has 1 aliphatic rings. The summed E-state index contributed by atoms with van der Waals surface area (Å²) >= 11 is 0. The van der Waals surface area contributed by atoms with Crippen LogP contribution in [0.15, 0.2) is 48.5 Å². The van der Waals surface area contributed by atoms with Crippen molar-refractivity contribution in [1.82, 2.24) is 10.2 Å². The van der Waals surface area contributed by atoms with Crippen LogP contribution < -0.4 is 5.32 Å². The standard InChI is InChI=1S/C20H20F4N2O/c1-26(12-13-2-6-15(7-3-13)20(22,23)24)18(19(27)25-17-10-11-17)14-4-8-16(21)9-5-14/h2-9,17-18H,10-12H2,1H3,(H,25,27). The normalized spacial score (nSPS) is 15.6. The highest BCUT2D eigenvalue weighted by atomic mass is 19.4. The van der Waals surface area contributed by atoms with Gasteiger partial charge in [0.15, 0.2) is 0 Å². The smallest absolute Gasteiger partial charge is 0.352 e. The van der Waals surface area contributed by atoms with Gasteiger partial charge in [0.05, 0.1) is 5.56 Å². The van der Waals surface area contributed by atoms with Crippen LogP contribution in [0.5, 0.6) is 0 Å². The Morgan fingerprint density at radius 2 is 1.70 bits per heavy atom. The lowest BCUT2D eigenvalue weighted by Crippen LogP contribution is -2.39. The second-order valence-electron chi connectivity index (χ2n) is 6.85. The zero-order valence-electron chi connectivity index (χ0n) is 14.8. The SMILES string of the molecule is CN(Cc1ccc(C(F)(F)F)cc1)C(C(=O)NC1CC1)c1ccc(F)cc1. The Labute approximate surface area is 155 Å². The van der Waals surface area contributed by atoms with E-state index in [9.17, 15) is 22.4 Å². The summed E-state index contributed by atoms with van der Waals surface area (Å²) in [4.78, 5) is 14.4. The van der Waals surface area contributed by atoms with Crippen molar-refractivity contribution in [2.45, 2.75) is 37.6 Å². The maximum atomic E-state index is 13.2. The first-order chi connectivity index (χ1) is 12.7. The van der Waals surface area contributed by atoms with E-state index in [2.05, 4.69) is 5.32 Å². The van der Waals surface area contributed by atoms with Crippen molar-refractivity contribution in [3.63, 3.8) is 0 Å². The number of likely N-dealkylation sites (N-methyl/N-ethyl adjacent to an activating group) is 1. The average Bonchev–Trinajstić information content (AvgIpc) is 3.40. The van der Waals surface area contributed by atoms with E-state index in [0.29, 0.717) is 11.1 Å². The van der Waals surface area contributed by atoms with Crippen LogP contribution in [0.2, 0.25) is 0 Å². The second kappa shape index (κ2) is 7.68. The largest absolute Gasteiger partial charge is 0.416 e. The number of rotatable bonds is 6. The van der Waals surface area contributed by atoms with Gasteiger partial charge in [-0.05, 0) is 55.3 Å². The predicted octanol–water partition coefficient (Wildman–Crippen LogP) is 4.30. The van der Waals surface area contributed by atoms with Crippen LogP contribution in [0.4, 0.5) is 17.6 Å². The molecule has 3 nitrogen and oxygen atoms in total. The van der Waals surface area contributed by atoms with Crippen LogP contribution in [-0.4, -0.2) is 23.9 Å². The first-order valence-corrected chi connectivity index (χ1v) is 8.66. The molecule has 0 radical (unpaired) electrons. The Hall–Kier alpha value is -2.41. The van der Waals surface area contributed by atoms with Gasteiger partial charge >= 0.3 is 6.18 Å². The summed E-state index contributed by atoms with van der Waals surface area (Å²) in [5.74, 6) is -0.594. The van der Waals surface area contributed by atoms with Crippen molar-refractivity contribution in [3.8, 4) is 0 Å². The molecule has 0 spiro atoms. The zero-order valence-corrected chi connectivity index (χ0v) is 14.8. The van der Waals surface area contributed by atoms with Gasteiger partial charge < -0.3 is 5.32 Å². The average molecular weight is 380 g/mol. The Balaban J connectivity index is 1.78. The highest BCUT2D eigenvalue weighted by molar-refractivity contribution is 5.83. The van der Waals surface area contributed by atoms with Crippen molar-refractivity contribution in [2.75, 3.05) is 7.05 Å². The number of benzene rings is 2. The number of carbonyl (C=O) groups is 1. The maximum Gasteiger partial charge on any atom is 0.416 e. The van der Waals surface area contributed by atoms with Crippen molar-refractivity contribution >= 4 is 5.91 Å². The third-order valence-electron chi connectivity index (χ3n) is 4.51. The summed E-state index contributed by atoms with van der Waals surface area (Å²) in [6.45, 7) is 0.276. The summed E-state index contributed by atoms with van der Waals surface area (Å²) in [7, 11) is 1.72.